The number of halogens is 3. The van der Waals surface area contributed by atoms with Gasteiger partial charge < -0.3 is 22.4 Å². The van der Waals surface area contributed by atoms with E-state index in [9.17, 15) is 12.9 Å². The fraction of sp³-hybridized carbons (Fsp3) is 0.143. The van der Waals surface area contributed by atoms with Crippen LogP contribution >= 0.6 is 0 Å². The molecule has 21 heavy (non-hydrogen) atoms. The Bertz CT molecular complexity index is 556. The van der Waals surface area contributed by atoms with Gasteiger partial charge in [-0.15, -0.1) is 5.46 Å². The minimum absolute atomic E-state index is 0. The van der Waals surface area contributed by atoms with Crippen molar-refractivity contribution in [2.75, 3.05) is 7.11 Å². The van der Waals surface area contributed by atoms with Crippen LogP contribution in [0.2, 0.25) is 0 Å². The van der Waals surface area contributed by atoms with Crippen molar-refractivity contribution >= 4 is 12.4 Å². The summed E-state index contributed by atoms with van der Waals surface area (Å²) >= 11 is 0. The fourth-order valence-corrected chi connectivity index (χ4v) is 1.67. The van der Waals surface area contributed by atoms with Crippen molar-refractivity contribution in [3.8, 4) is 11.5 Å². The first-order valence-corrected chi connectivity index (χ1v) is 6.04. The zero-order valence-corrected chi connectivity index (χ0v) is 15.0. The maximum absolute atomic E-state index is 12.5. The Balaban J connectivity index is 0.00000220. The van der Waals surface area contributed by atoms with Crippen molar-refractivity contribution in [3.05, 3.63) is 54.1 Å². The van der Waals surface area contributed by atoms with Gasteiger partial charge in [0.15, 0.2) is 0 Å². The third kappa shape index (κ3) is 5.67. The van der Waals surface area contributed by atoms with Gasteiger partial charge in [-0.25, -0.2) is 0 Å². The molecule has 106 valence electrons. The van der Waals surface area contributed by atoms with Crippen LogP contribution in [0.4, 0.5) is 12.9 Å². The Morgan fingerprint density at radius 1 is 0.857 bits per heavy atom. The number of methoxy groups -OCH3 is 1. The number of hydrogen-bond donors (Lipinski definition) is 0. The van der Waals surface area contributed by atoms with E-state index in [1.54, 1.807) is 19.2 Å². The van der Waals surface area contributed by atoms with Crippen molar-refractivity contribution in [1.82, 2.24) is 0 Å². The normalized spacial score (nSPS) is 10.7. The van der Waals surface area contributed by atoms with Gasteiger partial charge in [-0.2, -0.15) is 0 Å². The summed E-state index contributed by atoms with van der Waals surface area (Å²) in [5.74, 6) is 1.15. The van der Waals surface area contributed by atoms with Crippen LogP contribution in [-0.2, 0) is 6.61 Å². The molecular formula is C14H13BF3KO2. The summed E-state index contributed by atoms with van der Waals surface area (Å²) in [4.78, 5) is 0. The van der Waals surface area contributed by atoms with Gasteiger partial charge in [0.05, 0.1) is 7.11 Å². The smallest absolute Gasteiger partial charge is 0.497 e. The maximum atomic E-state index is 12.5. The molecule has 0 saturated carbocycles. The Morgan fingerprint density at radius 2 is 1.38 bits per heavy atom. The summed E-state index contributed by atoms with van der Waals surface area (Å²) in [6.07, 6.45) is 0. The molecule has 2 aromatic carbocycles. The summed E-state index contributed by atoms with van der Waals surface area (Å²) < 4.78 is 47.8. The summed E-state index contributed by atoms with van der Waals surface area (Å²) in [7, 11) is 1.58. The maximum Gasteiger partial charge on any atom is 1.00 e. The van der Waals surface area contributed by atoms with Crippen molar-refractivity contribution in [1.29, 1.82) is 0 Å². The Labute approximate surface area is 164 Å². The molecule has 0 aliphatic rings. The first-order valence-electron chi connectivity index (χ1n) is 6.04. The van der Waals surface area contributed by atoms with Gasteiger partial charge in [0, 0.05) is 0 Å². The molecule has 0 N–H and O–H groups in total. The molecule has 0 spiro atoms. The average Bonchev–Trinajstić information content (AvgIpc) is 2.45. The van der Waals surface area contributed by atoms with Crippen LogP contribution in [0.15, 0.2) is 48.5 Å². The summed E-state index contributed by atoms with van der Waals surface area (Å²) in [5, 5.41) is 0. The molecule has 2 rings (SSSR count). The predicted molar refractivity (Wildman–Crippen MR) is 72.5 cm³/mol. The molecular weight excluding hydrogens is 307 g/mol. The van der Waals surface area contributed by atoms with Gasteiger partial charge in [0.2, 0.25) is 0 Å². The van der Waals surface area contributed by atoms with Gasteiger partial charge in [0.25, 0.3) is 0 Å². The third-order valence-electron chi connectivity index (χ3n) is 2.82. The van der Waals surface area contributed by atoms with E-state index in [2.05, 4.69) is 0 Å². The second-order valence-corrected chi connectivity index (χ2v) is 4.28. The number of benzene rings is 2. The third-order valence-corrected chi connectivity index (χ3v) is 2.82. The summed E-state index contributed by atoms with van der Waals surface area (Å²) in [6.45, 7) is -4.66. The van der Waals surface area contributed by atoms with Crippen molar-refractivity contribution in [2.45, 2.75) is 6.61 Å². The molecule has 2 nitrogen and oxygen atoms in total. The van der Waals surface area contributed by atoms with Crippen LogP contribution in [-0.4, -0.2) is 14.1 Å². The van der Waals surface area contributed by atoms with Crippen LogP contribution in [0.5, 0.6) is 11.5 Å². The van der Waals surface area contributed by atoms with Gasteiger partial charge in [-0.3, -0.25) is 0 Å². The number of ether oxygens (including phenoxy) is 2. The molecule has 2 aromatic rings. The summed E-state index contributed by atoms with van der Waals surface area (Å²) in [6, 6.07) is 12.0. The van der Waals surface area contributed by atoms with E-state index < -0.39 is 12.4 Å². The van der Waals surface area contributed by atoms with Crippen molar-refractivity contribution in [2.24, 2.45) is 0 Å². The second kappa shape index (κ2) is 8.24. The second-order valence-electron chi connectivity index (χ2n) is 4.28. The number of rotatable bonds is 5. The molecule has 7 heteroatoms. The minimum Gasteiger partial charge on any atom is -0.497 e. The average molecular weight is 320 g/mol. The quantitative estimate of drug-likeness (QED) is 0.740. The van der Waals surface area contributed by atoms with Gasteiger partial charge >= 0.3 is 58.4 Å². The zero-order valence-electron chi connectivity index (χ0n) is 11.9. The standard InChI is InChI=1S/C14H13BF3O2.K/c1-19-13-6-2-11(3-7-13)10-20-14-8-4-12(5-9-14)15(16,17)18;/h2-9H,10H2,1H3;/q-1;+1. The Kier molecular flexibility index (Phi) is 7.29. The summed E-state index contributed by atoms with van der Waals surface area (Å²) in [5.41, 5.74) is 0.289. The van der Waals surface area contributed by atoms with E-state index in [0.717, 1.165) is 23.4 Å². The molecule has 0 aliphatic carbocycles. The van der Waals surface area contributed by atoms with Crippen LogP contribution in [0.3, 0.4) is 0 Å². The molecule has 0 heterocycles. The first-order chi connectivity index (χ1) is 9.49. The van der Waals surface area contributed by atoms with Crippen LogP contribution in [0, 0.1) is 0 Å². The first kappa shape index (κ1) is 18.6. The number of hydrogen-bond acceptors (Lipinski definition) is 2. The van der Waals surface area contributed by atoms with E-state index >= 15 is 0 Å². The van der Waals surface area contributed by atoms with E-state index in [1.165, 1.54) is 12.1 Å². The molecule has 0 aromatic heterocycles. The molecule has 0 bridgehead atoms. The van der Waals surface area contributed by atoms with E-state index in [0.29, 0.717) is 12.4 Å². The minimum atomic E-state index is -4.95. The molecule has 0 unspecified atom stereocenters. The topological polar surface area (TPSA) is 18.5 Å². The van der Waals surface area contributed by atoms with E-state index in [4.69, 9.17) is 9.47 Å². The molecule has 0 fully saturated rings. The Hall–Kier alpha value is -0.469. The monoisotopic (exact) mass is 320 g/mol. The molecule has 0 radical (unpaired) electrons. The van der Waals surface area contributed by atoms with Crippen LogP contribution in [0.25, 0.3) is 0 Å². The van der Waals surface area contributed by atoms with Gasteiger partial charge in [-0.05, 0) is 29.8 Å². The van der Waals surface area contributed by atoms with Gasteiger partial charge in [0.1, 0.15) is 18.1 Å². The van der Waals surface area contributed by atoms with Crippen molar-refractivity contribution in [3.63, 3.8) is 0 Å². The van der Waals surface area contributed by atoms with Gasteiger partial charge in [-0.1, -0.05) is 24.3 Å². The van der Waals surface area contributed by atoms with Crippen LogP contribution < -0.4 is 66.3 Å². The zero-order chi connectivity index (χ0) is 14.6. The van der Waals surface area contributed by atoms with Crippen LogP contribution in [0.1, 0.15) is 5.56 Å². The SMILES string of the molecule is COc1ccc(COc2ccc([B-](F)(F)F)cc2)cc1.[K+]. The molecule has 0 saturated heterocycles. The fourth-order valence-electron chi connectivity index (χ4n) is 1.67. The Morgan fingerprint density at radius 3 is 1.86 bits per heavy atom. The predicted octanol–water partition coefficient (Wildman–Crippen LogP) is 0.333. The van der Waals surface area contributed by atoms with Crippen molar-refractivity contribution < 1.29 is 73.8 Å². The molecule has 0 atom stereocenters. The molecule has 0 amide bonds. The largest absolute Gasteiger partial charge is 1.00 e. The van der Waals surface area contributed by atoms with E-state index in [-0.39, 0.29) is 51.4 Å². The van der Waals surface area contributed by atoms with E-state index in [1.807, 2.05) is 12.1 Å². The molecule has 0 aliphatic heterocycles.